The van der Waals surface area contributed by atoms with Gasteiger partial charge in [-0.1, -0.05) is 30.3 Å². The molecule has 1 aromatic heterocycles. The van der Waals surface area contributed by atoms with E-state index in [1.165, 1.54) is 0 Å². The fourth-order valence-corrected chi connectivity index (χ4v) is 2.16. The maximum absolute atomic E-state index is 11.2. The Labute approximate surface area is 110 Å². The molecular formula is C16H12O3. The first-order valence-corrected chi connectivity index (χ1v) is 5.94. The van der Waals surface area contributed by atoms with Crippen LogP contribution in [0.2, 0.25) is 0 Å². The van der Waals surface area contributed by atoms with Gasteiger partial charge in [0.25, 0.3) is 0 Å². The second-order valence-electron chi connectivity index (χ2n) is 4.19. The zero-order valence-corrected chi connectivity index (χ0v) is 10.4. The van der Waals surface area contributed by atoms with Gasteiger partial charge in [0, 0.05) is 10.9 Å². The maximum Gasteiger partial charge on any atom is 0.154 e. The van der Waals surface area contributed by atoms with Crippen LogP contribution in [0.1, 0.15) is 10.4 Å². The van der Waals surface area contributed by atoms with Crippen LogP contribution in [0.5, 0.6) is 5.75 Å². The van der Waals surface area contributed by atoms with Crippen LogP contribution in [-0.4, -0.2) is 13.4 Å². The van der Waals surface area contributed by atoms with Gasteiger partial charge in [-0.2, -0.15) is 0 Å². The van der Waals surface area contributed by atoms with Crippen LogP contribution in [0.25, 0.3) is 22.3 Å². The van der Waals surface area contributed by atoms with Gasteiger partial charge in [-0.05, 0) is 18.2 Å². The quantitative estimate of drug-likeness (QED) is 0.663. The van der Waals surface area contributed by atoms with Gasteiger partial charge in [0.15, 0.2) is 6.29 Å². The molecule has 0 N–H and O–H groups in total. The topological polar surface area (TPSA) is 39.4 Å². The average molecular weight is 252 g/mol. The Morgan fingerprint density at radius 1 is 1.11 bits per heavy atom. The van der Waals surface area contributed by atoms with Gasteiger partial charge in [0.2, 0.25) is 0 Å². The monoisotopic (exact) mass is 252 g/mol. The van der Waals surface area contributed by atoms with Crippen molar-refractivity contribution >= 4 is 17.3 Å². The summed E-state index contributed by atoms with van der Waals surface area (Å²) in [6.07, 6.45) is 0.797. The number of benzene rings is 2. The largest absolute Gasteiger partial charge is 0.496 e. The highest BCUT2D eigenvalue weighted by atomic mass is 16.5. The van der Waals surface area contributed by atoms with Crippen LogP contribution >= 0.6 is 0 Å². The molecule has 0 saturated carbocycles. The second-order valence-corrected chi connectivity index (χ2v) is 4.19. The van der Waals surface area contributed by atoms with Crippen LogP contribution in [0.4, 0.5) is 0 Å². The minimum Gasteiger partial charge on any atom is -0.496 e. The summed E-state index contributed by atoms with van der Waals surface area (Å²) in [4.78, 5) is 11.2. The number of hydrogen-bond acceptors (Lipinski definition) is 3. The first kappa shape index (κ1) is 11.5. The fourth-order valence-electron chi connectivity index (χ4n) is 2.16. The van der Waals surface area contributed by atoms with E-state index in [1.807, 2.05) is 42.5 Å². The highest BCUT2D eigenvalue weighted by molar-refractivity contribution is 6.00. The lowest BCUT2D eigenvalue weighted by atomic mass is 10.1. The number of rotatable bonds is 3. The summed E-state index contributed by atoms with van der Waals surface area (Å²) in [5, 5.41) is 0.771. The molecule has 3 rings (SSSR count). The van der Waals surface area contributed by atoms with Gasteiger partial charge in [0.05, 0.1) is 12.7 Å². The van der Waals surface area contributed by atoms with Gasteiger partial charge in [0.1, 0.15) is 17.1 Å². The van der Waals surface area contributed by atoms with Gasteiger partial charge >= 0.3 is 0 Å². The fraction of sp³-hybridized carbons (Fsp3) is 0.0625. The molecule has 0 atom stereocenters. The summed E-state index contributed by atoms with van der Waals surface area (Å²) in [7, 11) is 1.55. The van der Waals surface area contributed by atoms with Crippen molar-refractivity contribution in [3.05, 3.63) is 54.1 Å². The van der Waals surface area contributed by atoms with E-state index < -0.39 is 0 Å². The molecule has 94 valence electrons. The van der Waals surface area contributed by atoms with Crippen LogP contribution in [0, 0.1) is 0 Å². The van der Waals surface area contributed by atoms with Crippen molar-refractivity contribution in [2.75, 3.05) is 7.11 Å². The third-order valence-electron chi connectivity index (χ3n) is 3.10. The smallest absolute Gasteiger partial charge is 0.154 e. The minimum absolute atomic E-state index is 0.519. The minimum atomic E-state index is 0.519. The molecule has 0 saturated heterocycles. The highest BCUT2D eigenvalue weighted by Crippen LogP contribution is 2.33. The molecule has 0 aliphatic carbocycles. The van der Waals surface area contributed by atoms with Crippen molar-refractivity contribution in [1.29, 1.82) is 0 Å². The van der Waals surface area contributed by atoms with E-state index in [-0.39, 0.29) is 0 Å². The molecule has 0 aliphatic rings. The predicted octanol–water partition coefficient (Wildman–Crippen LogP) is 3.92. The Morgan fingerprint density at radius 3 is 2.58 bits per heavy atom. The molecule has 0 bridgehead atoms. The van der Waals surface area contributed by atoms with Crippen molar-refractivity contribution in [3.8, 4) is 17.1 Å². The molecule has 0 aliphatic heterocycles. The van der Waals surface area contributed by atoms with Gasteiger partial charge < -0.3 is 9.15 Å². The molecule has 3 nitrogen and oxygen atoms in total. The third kappa shape index (κ3) is 1.89. The number of methoxy groups -OCH3 is 1. The van der Waals surface area contributed by atoms with Crippen molar-refractivity contribution in [2.45, 2.75) is 0 Å². The Morgan fingerprint density at radius 2 is 1.89 bits per heavy atom. The standard InChI is InChI=1S/C16H12O3/c1-18-14-7-8-15-12(13(14)10-17)9-16(19-15)11-5-3-2-4-6-11/h2-10H,1H3. The first-order valence-electron chi connectivity index (χ1n) is 5.94. The number of carbonyl (C=O) groups excluding carboxylic acids is 1. The van der Waals surface area contributed by atoms with E-state index in [2.05, 4.69) is 0 Å². The molecule has 0 radical (unpaired) electrons. The Kier molecular flexibility index (Phi) is 2.80. The first-order chi connectivity index (χ1) is 9.33. The molecule has 0 spiro atoms. The van der Waals surface area contributed by atoms with Crippen LogP contribution in [0.3, 0.4) is 0 Å². The van der Waals surface area contributed by atoms with Crippen molar-refractivity contribution < 1.29 is 13.9 Å². The Balaban J connectivity index is 2.24. The van der Waals surface area contributed by atoms with Crippen molar-refractivity contribution in [3.63, 3.8) is 0 Å². The van der Waals surface area contributed by atoms with E-state index >= 15 is 0 Å². The van der Waals surface area contributed by atoms with Gasteiger partial charge in [-0.15, -0.1) is 0 Å². The average Bonchev–Trinajstić information content (AvgIpc) is 2.91. The SMILES string of the molecule is COc1ccc2oc(-c3ccccc3)cc2c1C=O. The number of ether oxygens (including phenoxy) is 1. The summed E-state index contributed by atoms with van der Waals surface area (Å²) in [6, 6.07) is 15.2. The second kappa shape index (κ2) is 4.61. The van der Waals surface area contributed by atoms with E-state index in [9.17, 15) is 4.79 Å². The van der Waals surface area contributed by atoms with Gasteiger partial charge in [-0.3, -0.25) is 4.79 Å². The maximum atomic E-state index is 11.2. The van der Waals surface area contributed by atoms with Crippen molar-refractivity contribution in [1.82, 2.24) is 0 Å². The Bertz CT molecular complexity index is 726. The number of aldehydes is 1. The van der Waals surface area contributed by atoms with E-state index in [1.54, 1.807) is 13.2 Å². The van der Waals surface area contributed by atoms with Crippen LogP contribution in [0.15, 0.2) is 52.9 Å². The molecule has 0 fully saturated rings. The van der Waals surface area contributed by atoms with Crippen molar-refractivity contribution in [2.24, 2.45) is 0 Å². The molecule has 3 aromatic rings. The number of carbonyl (C=O) groups is 1. The van der Waals surface area contributed by atoms with Gasteiger partial charge in [-0.25, -0.2) is 0 Å². The number of furan rings is 1. The number of hydrogen-bond donors (Lipinski definition) is 0. The summed E-state index contributed by atoms with van der Waals surface area (Å²) >= 11 is 0. The lowest BCUT2D eigenvalue weighted by Crippen LogP contribution is -1.90. The highest BCUT2D eigenvalue weighted by Gasteiger charge is 2.13. The van der Waals surface area contributed by atoms with Crippen LogP contribution in [-0.2, 0) is 0 Å². The normalized spacial score (nSPS) is 10.6. The lowest BCUT2D eigenvalue weighted by molar-refractivity contribution is 0.112. The predicted molar refractivity (Wildman–Crippen MR) is 73.6 cm³/mol. The van der Waals surface area contributed by atoms with E-state index in [4.69, 9.17) is 9.15 Å². The molecular weight excluding hydrogens is 240 g/mol. The molecule has 3 heteroatoms. The Hall–Kier alpha value is -2.55. The molecule has 1 heterocycles. The molecule has 0 amide bonds. The lowest BCUT2D eigenvalue weighted by Gasteiger charge is -2.02. The summed E-state index contributed by atoms with van der Waals surface area (Å²) < 4.78 is 11.0. The zero-order chi connectivity index (χ0) is 13.2. The van der Waals surface area contributed by atoms with E-state index in [0.29, 0.717) is 16.9 Å². The summed E-state index contributed by atoms with van der Waals surface area (Å²) in [5.41, 5.74) is 2.18. The zero-order valence-electron chi connectivity index (χ0n) is 10.4. The van der Waals surface area contributed by atoms with Crippen LogP contribution < -0.4 is 4.74 Å². The molecule has 2 aromatic carbocycles. The molecule has 0 unspecified atom stereocenters. The van der Waals surface area contributed by atoms with E-state index in [0.717, 1.165) is 23.0 Å². The third-order valence-corrected chi connectivity index (χ3v) is 3.10. The molecule has 19 heavy (non-hydrogen) atoms. The summed E-state index contributed by atoms with van der Waals surface area (Å²) in [5.74, 6) is 1.30. The number of fused-ring (bicyclic) bond motifs is 1. The summed E-state index contributed by atoms with van der Waals surface area (Å²) in [6.45, 7) is 0.